The number of ketones is 1. The van der Waals surface area contributed by atoms with Crippen LogP contribution in [0.5, 0.6) is 11.5 Å². The van der Waals surface area contributed by atoms with Gasteiger partial charge < -0.3 is 14.6 Å². The number of thioether (sulfide) groups is 1. The van der Waals surface area contributed by atoms with Gasteiger partial charge in [-0.05, 0) is 49.2 Å². The van der Waals surface area contributed by atoms with Crippen LogP contribution in [0.4, 0.5) is 5.13 Å². The van der Waals surface area contributed by atoms with E-state index >= 15 is 0 Å². The van der Waals surface area contributed by atoms with Crippen LogP contribution >= 0.6 is 46.3 Å². The second-order valence-electron chi connectivity index (χ2n) is 9.65. The normalized spacial score (nSPS) is 15.9. The molecule has 1 aromatic heterocycles. The maximum Gasteiger partial charge on any atom is 0.301 e. The molecule has 2 heterocycles. The first-order valence-corrected chi connectivity index (χ1v) is 16.1. The number of aliphatic hydroxyl groups is 1. The number of anilines is 1. The Kier molecular flexibility index (Phi) is 9.95. The molecule has 5 rings (SSSR count). The lowest BCUT2D eigenvalue weighted by atomic mass is 9.95. The number of carbonyl (C=O) groups excluding carboxylic acids is 2. The molecular weight excluding hydrogens is 641 g/mol. The van der Waals surface area contributed by atoms with Gasteiger partial charge in [0, 0.05) is 21.4 Å². The van der Waals surface area contributed by atoms with Crippen LogP contribution in [-0.2, 0) is 15.3 Å². The van der Waals surface area contributed by atoms with Gasteiger partial charge in [0.2, 0.25) is 5.13 Å². The molecule has 0 spiro atoms. The molecule has 8 nitrogen and oxygen atoms in total. The molecule has 1 unspecified atom stereocenters. The molecule has 0 aliphatic carbocycles. The Hall–Kier alpha value is -3.83. The van der Waals surface area contributed by atoms with Crippen molar-refractivity contribution in [3.8, 4) is 11.5 Å². The number of rotatable bonds is 11. The van der Waals surface area contributed by atoms with E-state index in [1.165, 1.54) is 16.7 Å². The lowest BCUT2D eigenvalue weighted by molar-refractivity contribution is -0.132. The van der Waals surface area contributed by atoms with E-state index in [9.17, 15) is 14.7 Å². The summed E-state index contributed by atoms with van der Waals surface area (Å²) in [4.78, 5) is 28.5. The maximum atomic E-state index is 13.6. The Labute approximate surface area is 272 Å². The summed E-state index contributed by atoms with van der Waals surface area (Å²) in [5, 5.41) is 21.3. The van der Waals surface area contributed by atoms with Crippen molar-refractivity contribution in [2.24, 2.45) is 0 Å². The third-order valence-corrected chi connectivity index (χ3v) is 9.37. The molecule has 1 aliphatic heterocycles. The molecule has 1 aliphatic rings. The van der Waals surface area contributed by atoms with Gasteiger partial charge in [-0.2, -0.15) is 0 Å². The van der Waals surface area contributed by atoms with Crippen LogP contribution in [0.25, 0.3) is 5.76 Å². The first-order valence-electron chi connectivity index (χ1n) is 13.5. The van der Waals surface area contributed by atoms with Crippen molar-refractivity contribution >= 4 is 68.9 Å². The predicted octanol–water partition coefficient (Wildman–Crippen LogP) is 8.04. The molecule has 1 amide bonds. The highest BCUT2D eigenvalue weighted by atomic mass is 35.5. The molecule has 1 N–H and O–H groups in total. The van der Waals surface area contributed by atoms with E-state index in [1.54, 1.807) is 48.5 Å². The van der Waals surface area contributed by atoms with Crippen molar-refractivity contribution < 1.29 is 24.2 Å². The summed E-state index contributed by atoms with van der Waals surface area (Å²) in [6, 6.07) is 16.4. The highest BCUT2D eigenvalue weighted by Gasteiger charge is 2.48. The third-order valence-electron chi connectivity index (χ3n) is 6.68. The fourth-order valence-corrected chi connectivity index (χ4v) is 7.01. The third kappa shape index (κ3) is 6.63. The van der Waals surface area contributed by atoms with Gasteiger partial charge in [-0.1, -0.05) is 101 Å². The predicted molar refractivity (Wildman–Crippen MR) is 175 cm³/mol. The zero-order valence-corrected chi connectivity index (χ0v) is 26.9. The molecule has 1 saturated heterocycles. The number of carbonyl (C=O) groups is 2. The highest BCUT2D eigenvalue weighted by Crippen LogP contribution is 2.46. The van der Waals surface area contributed by atoms with E-state index in [1.807, 2.05) is 32.0 Å². The number of aliphatic hydroxyl groups excluding tert-OH is 1. The van der Waals surface area contributed by atoms with Crippen molar-refractivity contribution in [2.75, 3.05) is 18.1 Å². The fourth-order valence-electron chi connectivity index (χ4n) is 4.58. The average molecular weight is 669 g/mol. The minimum absolute atomic E-state index is 0.0709. The topological polar surface area (TPSA) is 102 Å². The summed E-state index contributed by atoms with van der Waals surface area (Å²) < 4.78 is 12.2. The van der Waals surface area contributed by atoms with Gasteiger partial charge in [0.1, 0.15) is 12.4 Å². The van der Waals surface area contributed by atoms with Crippen molar-refractivity contribution in [3.63, 3.8) is 0 Å². The van der Waals surface area contributed by atoms with Crippen LogP contribution in [0.2, 0.25) is 10.0 Å². The molecule has 1 fully saturated rings. The zero-order valence-electron chi connectivity index (χ0n) is 23.8. The van der Waals surface area contributed by atoms with Crippen molar-refractivity contribution in [1.82, 2.24) is 10.2 Å². The minimum atomic E-state index is -1.01. The molecule has 1 atom stereocenters. The van der Waals surface area contributed by atoms with E-state index < -0.39 is 17.7 Å². The van der Waals surface area contributed by atoms with Crippen LogP contribution in [-0.4, -0.2) is 40.2 Å². The number of hydrogen-bond acceptors (Lipinski definition) is 9. The number of halogens is 2. The van der Waals surface area contributed by atoms with Crippen LogP contribution in [0.3, 0.4) is 0 Å². The molecule has 226 valence electrons. The zero-order chi connectivity index (χ0) is 31.4. The monoisotopic (exact) mass is 667 g/mol. The van der Waals surface area contributed by atoms with E-state index in [0.717, 1.165) is 22.5 Å². The Balaban J connectivity index is 1.57. The van der Waals surface area contributed by atoms with Crippen LogP contribution in [0.1, 0.15) is 35.2 Å². The van der Waals surface area contributed by atoms with Crippen LogP contribution in [0.15, 0.2) is 83.2 Å². The van der Waals surface area contributed by atoms with Gasteiger partial charge >= 0.3 is 5.91 Å². The Bertz CT molecular complexity index is 1760. The minimum Gasteiger partial charge on any atom is -0.507 e. The summed E-state index contributed by atoms with van der Waals surface area (Å²) in [6.07, 6.45) is 1.62. The molecule has 3 aromatic carbocycles. The van der Waals surface area contributed by atoms with Gasteiger partial charge in [0.25, 0.3) is 5.78 Å². The summed E-state index contributed by atoms with van der Waals surface area (Å²) in [5.41, 5.74) is 2.69. The van der Waals surface area contributed by atoms with Gasteiger partial charge in [0.05, 0.1) is 18.2 Å². The lowest BCUT2D eigenvalue weighted by Gasteiger charge is -2.23. The van der Waals surface area contributed by atoms with Crippen LogP contribution in [0, 0.1) is 6.92 Å². The molecule has 44 heavy (non-hydrogen) atoms. The number of aromatic nitrogens is 2. The van der Waals surface area contributed by atoms with Gasteiger partial charge in [-0.3, -0.25) is 14.5 Å². The quantitative estimate of drug-likeness (QED) is 0.0428. The second-order valence-corrected chi connectivity index (χ2v) is 12.7. The first-order chi connectivity index (χ1) is 21.2. The number of ether oxygens (including phenoxy) is 2. The first kappa shape index (κ1) is 31.6. The Morgan fingerprint density at radius 2 is 1.84 bits per heavy atom. The van der Waals surface area contributed by atoms with Gasteiger partial charge in [-0.25, -0.2) is 0 Å². The van der Waals surface area contributed by atoms with E-state index in [4.69, 9.17) is 32.7 Å². The Morgan fingerprint density at radius 3 is 2.55 bits per heavy atom. The fraction of sp³-hybridized carbons (Fsp3) is 0.188. The van der Waals surface area contributed by atoms with Gasteiger partial charge in [0.15, 0.2) is 15.8 Å². The summed E-state index contributed by atoms with van der Waals surface area (Å²) in [5.74, 6) is -0.582. The average Bonchev–Trinajstić information content (AvgIpc) is 3.58. The largest absolute Gasteiger partial charge is 0.507 e. The molecule has 0 bridgehead atoms. The summed E-state index contributed by atoms with van der Waals surface area (Å²) in [7, 11) is 0. The number of amides is 1. The van der Waals surface area contributed by atoms with E-state index in [2.05, 4.69) is 16.8 Å². The SMILES string of the molecule is C=CCOc1ccc(C2/C(=C(\O)c3ccc(C)cc3)C(=O)C(=O)N2c2nnc(SCc3ccc(Cl)cc3Cl)s2)cc1OCC. The number of aryl methyl sites for hydroxylation is 1. The van der Waals surface area contributed by atoms with Crippen molar-refractivity contribution in [3.05, 3.63) is 111 Å². The van der Waals surface area contributed by atoms with Crippen molar-refractivity contribution in [2.45, 2.75) is 30.0 Å². The smallest absolute Gasteiger partial charge is 0.301 e. The number of benzene rings is 3. The summed E-state index contributed by atoms with van der Waals surface area (Å²) >= 11 is 14.9. The maximum absolute atomic E-state index is 13.6. The van der Waals surface area contributed by atoms with Gasteiger partial charge in [-0.15, -0.1) is 10.2 Å². The molecular formula is C32H27Cl2N3O5S2. The summed E-state index contributed by atoms with van der Waals surface area (Å²) in [6.45, 7) is 8.06. The molecule has 12 heteroatoms. The van der Waals surface area contributed by atoms with Crippen molar-refractivity contribution in [1.29, 1.82) is 0 Å². The molecule has 4 aromatic rings. The Morgan fingerprint density at radius 1 is 1.07 bits per heavy atom. The highest BCUT2D eigenvalue weighted by molar-refractivity contribution is 8.00. The van der Waals surface area contributed by atoms with E-state index in [0.29, 0.717) is 49.4 Å². The number of nitrogens with zero attached hydrogens (tertiary/aromatic N) is 3. The number of hydrogen-bond donors (Lipinski definition) is 1. The molecule has 0 radical (unpaired) electrons. The standard InChI is InChI=1S/C32H27Cl2N3O5S2/c1-4-14-42-24-13-11-20(15-25(24)41-5-2)27-26(28(38)19-8-6-18(3)7-9-19)29(39)30(40)37(27)31-35-36-32(44-31)43-17-21-10-12-22(33)16-23(21)34/h4,6-13,15-16,27,38H,1,5,14,17H2,2-3H3/b28-26+. The lowest BCUT2D eigenvalue weighted by Crippen LogP contribution is -2.29. The van der Waals surface area contributed by atoms with Crippen LogP contribution < -0.4 is 14.4 Å². The number of Topliss-reactive ketones (excluding diaryl/α,β-unsaturated/α-hetero) is 1. The molecule has 0 saturated carbocycles. The second kappa shape index (κ2) is 13.9. The van der Waals surface area contributed by atoms with E-state index in [-0.39, 0.29) is 23.1 Å².